The van der Waals surface area contributed by atoms with Crippen molar-refractivity contribution in [3.8, 4) is 0 Å². The molecule has 0 aliphatic rings. The van der Waals surface area contributed by atoms with E-state index in [1.807, 2.05) is 0 Å². The van der Waals surface area contributed by atoms with Crippen LogP contribution in [0.5, 0.6) is 0 Å². The minimum absolute atomic E-state index is 0.0957. The molecule has 2 aromatic carbocycles. The summed E-state index contributed by atoms with van der Waals surface area (Å²) in [5.41, 5.74) is -1.75. The number of amides is 1. The van der Waals surface area contributed by atoms with E-state index in [-0.39, 0.29) is 16.9 Å². The van der Waals surface area contributed by atoms with Crippen LogP contribution in [0.3, 0.4) is 0 Å². The Morgan fingerprint density at radius 1 is 0.929 bits per heavy atom. The van der Waals surface area contributed by atoms with Gasteiger partial charge in [0.05, 0.1) is 28.7 Å². The number of carbonyl (C=O) groups excluding carboxylic acids is 1. The molecule has 144 valence electrons. The van der Waals surface area contributed by atoms with E-state index in [0.717, 1.165) is 30.5 Å². The first-order valence-electron chi connectivity index (χ1n) is 7.89. The van der Waals surface area contributed by atoms with Crippen molar-refractivity contribution in [3.05, 3.63) is 83.7 Å². The van der Waals surface area contributed by atoms with Crippen LogP contribution in [0, 0.1) is 11.6 Å². The van der Waals surface area contributed by atoms with Crippen LogP contribution < -0.4 is 10.6 Å². The van der Waals surface area contributed by atoms with Gasteiger partial charge in [-0.1, -0.05) is 18.2 Å². The van der Waals surface area contributed by atoms with Crippen LogP contribution in [0.15, 0.2) is 60.9 Å². The van der Waals surface area contributed by atoms with Gasteiger partial charge in [0, 0.05) is 6.20 Å². The molecule has 0 radical (unpaired) electrons. The average Bonchev–Trinajstić information content (AvgIpc) is 2.64. The minimum atomic E-state index is -4.58. The molecular weight excluding hydrogens is 381 g/mol. The lowest BCUT2D eigenvalue weighted by Crippen LogP contribution is -2.15. The highest BCUT2D eigenvalue weighted by molar-refractivity contribution is 6.04. The predicted octanol–water partition coefficient (Wildman–Crippen LogP) is 5.37. The van der Waals surface area contributed by atoms with E-state index in [1.165, 1.54) is 30.5 Å². The highest BCUT2D eigenvalue weighted by Crippen LogP contribution is 2.35. The number of rotatable bonds is 4. The topological polar surface area (TPSA) is 54.0 Å². The molecule has 0 saturated heterocycles. The fourth-order valence-electron chi connectivity index (χ4n) is 2.43. The maximum absolute atomic E-state index is 13.7. The Bertz CT molecular complexity index is 1000. The van der Waals surface area contributed by atoms with E-state index in [2.05, 4.69) is 15.6 Å². The second-order valence-electron chi connectivity index (χ2n) is 5.68. The number of alkyl halides is 3. The molecule has 2 N–H and O–H groups in total. The van der Waals surface area contributed by atoms with Gasteiger partial charge in [0.1, 0.15) is 17.3 Å². The number of nitrogens with zero attached hydrogens (tertiary/aromatic N) is 1. The molecule has 1 amide bonds. The SMILES string of the molecule is O=C(Nc1c(F)cccc1F)c1cncc(Nc2ccccc2C(F)(F)F)c1. The summed E-state index contributed by atoms with van der Waals surface area (Å²) < 4.78 is 66.6. The summed E-state index contributed by atoms with van der Waals surface area (Å²) in [6.45, 7) is 0. The molecule has 0 spiro atoms. The van der Waals surface area contributed by atoms with Gasteiger partial charge in [-0.2, -0.15) is 13.2 Å². The number of aromatic nitrogens is 1. The third kappa shape index (κ3) is 4.25. The molecule has 0 aliphatic heterocycles. The summed E-state index contributed by atoms with van der Waals surface area (Å²) in [5, 5.41) is 4.64. The van der Waals surface area contributed by atoms with Crippen LogP contribution in [0.2, 0.25) is 0 Å². The van der Waals surface area contributed by atoms with Gasteiger partial charge in [-0.25, -0.2) is 8.78 Å². The molecule has 3 aromatic rings. The molecular formula is C19H12F5N3O. The van der Waals surface area contributed by atoms with E-state index in [0.29, 0.717) is 0 Å². The summed E-state index contributed by atoms with van der Waals surface area (Å²) in [6.07, 6.45) is -2.24. The van der Waals surface area contributed by atoms with Crippen molar-refractivity contribution in [2.24, 2.45) is 0 Å². The lowest BCUT2D eigenvalue weighted by Gasteiger charge is -2.14. The van der Waals surface area contributed by atoms with Crippen molar-refractivity contribution in [2.75, 3.05) is 10.6 Å². The third-order valence-corrected chi connectivity index (χ3v) is 3.71. The predicted molar refractivity (Wildman–Crippen MR) is 93.3 cm³/mol. The molecule has 0 fully saturated rings. The van der Waals surface area contributed by atoms with Gasteiger partial charge < -0.3 is 10.6 Å². The Labute approximate surface area is 156 Å². The van der Waals surface area contributed by atoms with Crippen LogP contribution in [0.25, 0.3) is 0 Å². The molecule has 0 bridgehead atoms. The van der Waals surface area contributed by atoms with Crippen molar-refractivity contribution in [3.63, 3.8) is 0 Å². The second-order valence-corrected chi connectivity index (χ2v) is 5.68. The van der Waals surface area contributed by atoms with Gasteiger partial charge in [-0.15, -0.1) is 0 Å². The normalized spacial score (nSPS) is 11.2. The molecule has 0 aliphatic carbocycles. The molecule has 0 unspecified atom stereocenters. The van der Waals surface area contributed by atoms with Crippen LogP contribution >= 0.6 is 0 Å². The Kier molecular flexibility index (Phi) is 5.25. The van der Waals surface area contributed by atoms with E-state index in [1.54, 1.807) is 0 Å². The van der Waals surface area contributed by atoms with Crippen molar-refractivity contribution >= 4 is 23.0 Å². The lowest BCUT2D eigenvalue weighted by atomic mass is 10.1. The summed E-state index contributed by atoms with van der Waals surface area (Å²) in [7, 11) is 0. The number of carbonyl (C=O) groups is 1. The number of pyridine rings is 1. The van der Waals surface area contributed by atoms with E-state index < -0.39 is 35.0 Å². The van der Waals surface area contributed by atoms with Gasteiger partial charge in [0.2, 0.25) is 0 Å². The Hall–Kier alpha value is -3.49. The van der Waals surface area contributed by atoms with Crippen LogP contribution in [0.1, 0.15) is 15.9 Å². The third-order valence-electron chi connectivity index (χ3n) is 3.71. The molecule has 0 saturated carbocycles. The number of halogens is 5. The smallest absolute Gasteiger partial charge is 0.354 e. The number of nitrogens with one attached hydrogen (secondary N) is 2. The summed E-state index contributed by atoms with van der Waals surface area (Å²) in [4.78, 5) is 16.0. The van der Waals surface area contributed by atoms with Crippen LogP contribution in [0.4, 0.5) is 39.0 Å². The van der Waals surface area contributed by atoms with E-state index >= 15 is 0 Å². The Morgan fingerprint density at radius 2 is 1.61 bits per heavy atom. The standard InChI is InChI=1S/C19H12F5N3O/c20-14-5-3-6-15(21)17(14)27-18(28)11-8-12(10-25-9-11)26-16-7-2-1-4-13(16)19(22,23)24/h1-10,26H,(H,27,28). The van der Waals surface area contributed by atoms with Crippen LogP contribution in [-0.2, 0) is 6.18 Å². The summed E-state index contributed by atoms with van der Waals surface area (Å²) >= 11 is 0. The molecule has 0 atom stereocenters. The maximum atomic E-state index is 13.7. The molecule has 3 rings (SSSR count). The molecule has 28 heavy (non-hydrogen) atoms. The monoisotopic (exact) mass is 393 g/mol. The first-order chi connectivity index (χ1) is 13.3. The molecule has 1 heterocycles. The first kappa shape index (κ1) is 19.3. The number of hydrogen-bond acceptors (Lipinski definition) is 3. The molecule has 1 aromatic heterocycles. The van der Waals surface area contributed by atoms with E-state index in [9.17, 15) is 26.7 Å². The zero-order valence-corrected chi connectivity index (χ0v) is 14.0. The highest BCUT2D eigenvalue weighted by atomic mass is 19.4. The van der Waals surface area contributed by atoms with Crippen molar-refractivity contribution in [1.29, 1.82) is 0 Å². The quantitative estimate of drug-likeness (QED) is 0.586. The zero-order valence-electron chi connectivity index (χ0n) is 14.0. The Morgan fingerprint density at radius 3 is 2.29 bits per heavy atom. The highest BCUT2D eigenvalue weighted by Gasteiger charge is 2.33. The zero-order chi connectivity index (χ0) is 20.3. The molecule has 4 nitrogen and oxygen atoms in total. The van der Waals surface area contributed by atoms with Gasteiger partial charge in [0.25, 0.3) is 5.91 Å². The van der Waals surface area contributed by atoms with Crippen molar-refractivity contribution in [2.45, 2.75) is 6.18 Å². The maximum Gasteiger partial charge on any atom is 0.418 e. The number of hydrogen-bond donors (Lipinski definition) is 2. The largest absolute Gasteiger partial charge is 0.418 e. The summed E-state index contributed by atoms with van der Waals surface area (Å²) in [6, 6.07) is 9.11. The second kappa shape index (κ2) is 7.63. The van der Waals surface area contributed by atoms with E-state index in [4.69, 9.17) is 0 Å². The van der Waals surface area contributed by atoms with Crippen molar-refractivity contribution in [1.82, 2.24) is 4.98 Å². The average molecular weight is 393 g/mol. The van der Waals surface area contributed by atoms with Gasteiger partial charge in [0.15, 0.2) is 0 Å². The van der Waals surface area contributed by atoms with Gasteiger partial charge in [-0.3, -0.25) is 9.78 Å². The number of para-hydroxylation sites is 2. The number of benzene rings is 2. The Balaban J connectivity index is 1.85. The molecule has 9 heteroatoms. The van der Waals surface area contributed by atoms with Gasteiger partial charge >= 0.3 is 6.18 Å². The minimum Gasteiger partial charge on any atom is -0.354 e. The van der Waals surface area contributed by atoms with Crippen LogP contribution in [-0.4, -0.2) is 10.9 Å². The summed E-state index contributed by atoms with van der Waals surface area (Å²) in [5.74, 6) is -2.80. The van der Waals surface area contributed by atoms with Gasteiger partial charge in [-0.05, 0) is 30.3 Å². The fraction of sp³-hybridized carbons (Fsp3) is 0.0526. The number of anilines is 3. The van der Waals surface area contributed by atoms with Crippen molar-refractivity contribution < 1.29 is 26.7 Å². The first-order valence-corrected chi connectivity index (χ1v) is 7.89. The lowest BCUT2D eigenvalue weighted by molar-refractivity contribution is -0.136. The fourth-order valence-corrected chi connectivity index (χ4v) is 2.43.